The average Bonchev–Trinajstić information content (AvgIpc) is 2.87. The highest BCUT2D eigenvalue weighted by Gasteiger charge is 2.30. The fraction of sp³-hybridized carbons (Fsp3) is 0.400. The van der Waals surface area contributed by atoms with Gasteiger partial charge in [0.1, 0.15) is 17.3 Å². The Kier molecular flexibility index (Phi) is 10.2. The number of nitrogens with zero attached hydrogens (tertiary/aromatic N) is 3. The number of rotatable bonds is 12. The molecule has 2 aromatic carbocycles. The Hall–Kier alpha value is -3.70. The topological polar surface area (TPSA) is 150 Å². The lowest BCUT2D eigenvalue weighted by Gasteiger charge is -2.21. The number of halogens is 1. The van der Waals surface area contributed by atoms with Gasteiger partial charge in [0.05, 0.1) is 12.0 Å². The minimum Gasteiger partial charge on any atom is -0.494 e. The van der Waals surface area contributed by atoms with Crippen molar-refractivity contribution < 1.29 is 19.1 Å². The molecule has 37 heavy (non-hydrogen) atoms. The number of piperidine rings is 1. The van der Waals surface area contributed by atoms with Crippen molar-refractivity contribution in [3.8, 4) is 5.75 Å². The number of benzene rings is 2. The minimum absolute atomic E-state index is 0. The maximum atomic E-state index is 13.2. The van der Waals surface area contributed by atoms with Gasteiger partial charge in [-0.2, -0.15) is 4.68 Å². The minimum atomic E-state index is -0.856. The molecular weight excluding hydrogens is 500 g/mol. The van der Waals surface area contributed by atoms with Crippen molar-refractivity contribution in [2.75, 3.05) is 37.4 Å². The van der Waals surface area contributed by atoms with Gasteiger partial charge >= 0.3 is 0 Å². The molecule has 1 unspecified atom stereocenters. The second kappa shape index (κ2) is 13.6. The highest BCUT2D eigenvalue weighted by Crippen LogP contribution is 2.20. The molecular formula is C25H31ClN6O5. The second-order valence-corrected chi connectivity index (χ2v) is 8.52. The molecule has 1 aliphatic heterocycles. The fourth-order valence-electron chi connectivity index (χ4n) is 3.93. The van der Waals surface area contributed by atoms with E-state index in [1.165, 1.54) is 0 Å². The predicted octanol–water partition coefficient (Wildman–Crippen LogP) is 2.45. The van der Waals surface area contributed by atoms with Crippen molar-refractivity contribution in [1.82, 2.24) is 20.3 Å². The van der Waals surface area contributed by atoms with E-state index < -0.39 is 17.5 Å². The first-order valence-electron chi connectivity index (χ1n) is 12.0. The second-order valence-electron chi connectivity index (χ2n) is 8.52. The lowest BCUT2D eigenvalue weighted by molar-refractivity contribution is -0.136. The molecule has 1 saturated heterocycles. The smallest absolute Gasteiger partial charge is 0.280 e. The maximum Gasteiger partial charge on any atom is 0.280 e. The number of fused-ring (bicyclic) bond motifs is 1. The van der Waals surface area contributed by atoms with Gasteiger partial charge in [0.2, 0.25) is 5.91 Å². The van der Waals surface area contributed by atoms with E-state index in [0.29, 0.717) is 48.6 Å². The maximum absolute atomic E-state index is 13.2. The van der Waals surface area contributed by atoms with Gasteiger partial charge in [0.15, 0.2) is 0 Å². The van der Waals surface area contributed by atoms with Crippen LogP contribution in [0.3, 0.4) is 0 Å². The molecule has 4 rings (SSSR count). The molecule has 2 amide bonds. The summed E-state index contributed by atoms with van der Waals surface area (Å²) in [6, 6.07) is 11.8. The highest BCUT2D eigenvalue weighted by atomic mass is 35.5. The normalized spacial score (nSPS) is 15.2. The SMILES string of the molecule is Cl.Nc1ccc(OCCCCOCCCNc2cccc3nnn(C4CCC(=O)NC4=O)c(=O)c23)cc1. The molecule has 0 aliphatic carbocycles. The summed E-state index contributed by atoms with van der Waals surface area (Å²) in [5, 5.41) is 13.9. The summed E-state index contributed by atoms with van der Waals surface area (Å²) >= 11 is 0. The molecule has 0 spiro atoms. The van der Waals surface area contributed by atoms with Crippen LogP contribution in [0.2, 0.25) is 0 Å². The van der Waals surface area contributed by atoms with E-state index in [-0.39, 0.29) is 31.2 Å². The van der Waals surface area contributed by atoms with Crippen LogP contribution in [0, 0.1) is 0 Å². The van der Waals surface area contributed by atoms with Crippen LogP contribution < -0.4 is 26.7 Å². The third kappa shape index (κ3) is 7.40. The number of carbonyl (C=O) groups is 2. The number of carbonyl (C=O) groups excluding carboxylic acids is 2. The summed E-state index contributed by atoms with van der Waals surface area (Å²) in [5.74, 6) is -0.0880. The van der Waals surface area contributed by atoms with E-state index in [4.69, 9.17) is 15.2 Å². The molecule has 0 bridgehead atoms. The van der Waals surface area contributed by atoms with Gasteiger partial charge in [0.25, 0.3) is 11.5 Å². The van der Waals surface area contributed by atoms with Crippen molar-refractivity contribution >= 4 is 46.5 Å². The molecule has 0 radical (unpaired) electrons. The van der Waals surface area contributed by atoms with E-state index in [0.717, 1.165) is 29.7 Å². The Labute approximate surface area is 220 Å². The standard InChI is InChI=1S/C25H30N6O5.ClH/c26-17-7-9-18(10-8-17)36-16-2-1-14-35-15-4-13-27-19-5-3-6-20-23(19)25(34)31(30-29-20)21-11-12-22(32)28-24(21)33;/h3,5-10,21,27H,1-2,4,11-16,26H2,(H,28,32,33);1H. The Morgan fingerprint density at radius 2 is 1.78 bits per heavy atom. The van der Waals surface area contributed by atoms with E-state index in [1.807, 2.05) is 24.3 Å². The highest BCUT2D eigenvalue weighted by molar-refractivity contribution is 5.99. The summed E-state index contributed by atoms with van der Waals surface area (Å²) in [5.41, 5.74) is 7.00. The zero-order valence-corrected chi connectivity index (χ0v) is 21.2. The van der Waals surface area contributed by atoms with Gasteiger partial charge in [-0.15, -0.1) is 17.5 Å². The number of hydrogen-bond acceptors (Lipinski definition) is 9. The molecule has 0 saturated carbocycles. The summed E-state index contributed by atoms with van der Waals surface area (Å²) in [4.78, 5) is 36.8. The van der Waals surface area contributed by atoms with Crippen LogP contribution in [0.5, 0.6) is 5.75 Å². The van der Waals surface area contributed by atoms with Crippen molar-refractivity contribution in [1.29, 1.82) is 0 Å². The lowest BCUT2D eigenvalue weighted by atomic mass is 10.1. The molecule has 1 aliphatic rings. The summed E-state index contributed by atoms with van der Waals surface area (Å²) < 4.78 is 12.4. The van der Waals surface area contributed by atoms with Gasteiger partial charge in [-0.1, -0.05) is 11.3 Å². The first-order valence-corrected chi connectivity index (χ1v) is 12.0. The summed E-state index contributed by atoms with van der Waals surface area (Å²) in [6.07, 6.45) is 2.89. The Balaban J connectivity index is 0.00000380. The molecule has 12 heteroatoms. The van der Waals surface area contributed by atoms with Gasteiger partial charge < -0.3 is 20.5 Å². The number of aromatic nitrogens is 3. The van der Waals surface area contributed by atoms with E-state index in [2.05, 4.69) is 20.9 Å². The van der Waals surface area contributed by atoms with Crippen molar-refractivity contribution in [3.63, 3.8) is 0 Å². The largest absolute Gasteiger partial charge is 0.494 e. The molecule has 198 valence electrons. The lowest BCUT2D eigenvalue weighted by Crippen LogP contribution is -2.45. The number of ether oxygens (including phenoxy) is 2. The molecule has 3 aromatic rings. The molecule has 1 atom stereocenters. The number of nitrogens with one attached hydrogen (secondary N) is 2. The van der Waals surface area contributed by atoms with Gasteiger partial charge in [-0.25, -0.2) is 0 Å². The van der Waals surface area contributed by atoms with Crippen LogP contribution >= 0.6 is 12.4 Å². The van der Waals surface area contributed by atoms with Crippen molar-refractivity contribution in [2.24, 2.45) is 0 Å². The number of anilines is 2. The quantitative estimate of drug-likeness (QED) is 0.182. The summed E-state index contributed by atoms with van der Waals surface area (Å²) in [6.45, 7) is 2.44. The van der Waals surface area contributed by atoms with Crippen LogP contribution in [-0.2, 0) is 14.3 Å². The Morgan fingerprint density at radius 1 is 1.03 bits per heavy atom. The van der Waals surface area contributed by atoms with Crippen LogP contribution in [0.25, 0.3) is 10.9 Å². The number of nitrogens with two attached hydrogens (primary N) is 1. The Morgan fingerprint density at radius 3 is 2.57 bits per heavy atom. The van der Waals surface area contributed by atoms with E-state index >= 15 is 0 Å². The summed E-state index contributed by atoms with van der Waals surface area (Å²) in [7, 11) is 0. The monoisotopic (exact) mass is 530 g/mol. The molecule has 1 fully saturated rings. The average molecular weight is 531 g/mol. The Bertz CT molecular complexity index is 1270. The van der Waals surface area contributed by atoms with Crippen molar-refractivity contribution in [2.45, 2.75) is 38.1 Å². The van der Waals surface area contributed by atoms with E-state index in [9.17, 15) is 14.4 Å². The van der Waals surface area contributed by atoms with Crippen LogP contribution in [0.15, 0.2) is 47.3 Å². The molecule has 4 N–H and O–H groups in total. The number of nitrogen functional groups attached to an aromatic ring is 1. The number of amides is 2. The van der Waals surface area contributed by atoms with Crippen LogP contribution in [0.4, 0.5) is 11.4 Å². The van der Waals surface area contributed by atoms with Gasteiger partial charge in [0, 0.05) is 37.6 Å². The van der Waals surface area contributed by atoms with Gasteiger partial charge in [-0.05, 0) is 62.1 Å². The molecule has 1 aromatic heterocycles. The molecule has 2 heterocycles. The number of unbranched alkanes of at least 4 members (excludes halogenated alkanes) is 1. The first-order chi connectivity index (χ1) is 17.5. The zero-order valence-electron chi connectivity index (χ0n) is 20.4. The van der Waals surface area contributed by atoms with Crippen LogP contribution in [-0.4, -0.2) is 53.2 Å². The number of hydrogen-bond donors (Lipinski definition) is 3. The fourth-order valence-corrected chi connectivity index (χ4v) is 3.93. The van der Waals surface area contributed by atoms with E-state index in [1.54, 1.807) is 18.2 Å². The third-order valence-corrected chi connectivity index (χ3v) is 5.83. The zero-order chi connectivity index (χ0) is 25.3. The van der Waals surface area contributed by atoms with Crippen molar-refractivity contribution in [3.05, 3.63) is 52.8 Å². The van der Waals surface area contributed by atoms with Crippen LogP contribution in [0.1, 0.15) is 38.1 Å². The molecule has 11 nitrogen and oxygen atoms in total. The number of imide groups is 1. The van der Waals surface area contributed by atoms with Gasteiger partial charge in [-0.3, -0.25) is 19.7 Å². The third-order valence-electron chi connectivity index (χ3n) is 5.83. The first kappa shape index (κ1) is 27.9. The predicted molar refractivity (Wildman–Crippen MR) is 142 cm³/mol.